The molecule has 0 radical (unpaired) electrons. The summed E-state index contributed by atoms with van der Waals surface area (Å²) in [6, 6.07) is 4.46. The van der Waals surface area contributed by atoms with E-state index in [2.05, 4.69) is 10.0 Å². The number of aryl methyl sites for hydroxylation is 1. The van der Waals surface area contributed by atoms with Crippen LogP contribution in [0.5, 0.6) is 0 Å². The van der Waals surface area contributed by atoms with E-state index in [0.717, 1.165) is 5.56 Å². The zero-order chi connectivity index (χ0) is 18.5. The van der Waals surface area contributed by atoms with Gasteiger partial charge in [0.25, 0.3) is 0 Å². The summed E-state index contributed by atoms with van der Waals surface area (Å²) in [6.45, 7) is 7.93. The summed E-state index contributed by atoms with van der Waals surface area (Å²) in [6.07, 6.45) is -0.476. The SMILES string of the molecule is Cc1ccc(S(=O)(=O)NC(CC(=O)NCC(C)(C)C)C(=O)O)cc1. The lowest BCUT2D eigenvalue weighted by Crippen LogP contribution is -2.45. The molecule has 1 atom stereocenters. The first-order chi connectivity index (χ1) is 10.9. The molecule has 0 bridgehead atoms. The van der Waals surface area contributed by atoms with Crippen LogP contribution in [-0.2, 0) is 19.6 Å². The molecular formula is C16H24N2O5S. The van der Waals surface area contributed by atoms with Gasteiger partial charge in [0.15, 0.2) is 0 Å². The maximum Gasteiger partial charge on any atom is 0.322 e. The minimum Gasteiger partial charge on any atom is -0.480 e. The number of carbonyl (C=O) groups is 2. The van der Waals surface area contributed by atoms with E-state index >= 15 is 0 Å². The number of carboxylic acids is 1. The standard InChI is InChI=1S/C16H24N2O5S/c1-11-5-7-12(8-6-11)24(22,23)18-13(15(20)21)9-14(19)17-10-16(2,3)4/h5-8,13,18H,9-10H2,1-4H3,(H,17,19)(H,20,21). The van der Waals surface area contributed by atoms with Crippen molar-refractivity contribution in [3.8, 4) is 0 Å². The van der Waals surface area contributed by atoms with Crippen LogP contribution in [0.25, 0.3) is 0 Å². The van der Waals surface area contributed by atoms with E-state index in [4.69, 9.17) is 0 Å². The third-order valence-electron chi connectivity index (χ3n) is 3.13. The van der Waals surface area contributed by atoms with E-state index < -0.39 is 34.4 Å². The molecule has 1 amide bonds. The molecule has 0 saturated carbocycles. The molecule has 1 unspecified atom stereocenters. The fourth-order valence-electron chi connectivity index (χ4n) is 1.77. The predicted molar refractivity (Wildman–Crippen MR) is 90.0 cm³/mol. The minimum atomic E-state index is -4.02. The molecule has 24 heavy (non-hydrogen) atoms. The lowest BCUT2D eigenvalue weighted by molar-refractivity contribution is -0.141. The second-order valence-electron chi connectivity index (χ2n) is 6.87. The normalized spacial score (nSPS) is 13.3. The highest BCUT2D eigenvalue weighted by molar-refractivity contribution is 7.89. The number of hydrogen-bond donors (Lipinski definition) is 3. The summed E-state index contributed by atoms with van der Waals surface area (Å²) < 4.78 is 26.6. The molecule has 3 N–H and O–H groups in total. The van der Waals surface area contributed by atoms with Gasteiger partial charge in [0, 0.05) is 6.54 Å². The summed E-state index contributed by atoms with van der Waals surface area (Å²) in [7, 11) is -4.02. The van der Waals surface area contributed by atoms with Crippen molar-refractivity contribution in [2.24, 2.45) is 5.41 Å². The van der Waals surface area contributed by atoms with Gasteiger partial charge in [0.2, 0.25) is 15.9 Å². The zero-order valence-corrected chi connectivity index (χ0v) is 15.1. The Hall–Kier alpha value is -1.93. The molecule has 0 saturated heterocycles. The van der Waals surface area contributed by atoms with Crippen LogP contribution < -0.4 is 10.0 Å². The quantitative estimate of drug-likeness (QED) is 0.681. The molecule has 0 aliphatic carbocycles. The Morgan fingerprint density at radius 3 is 2.17 bits per heavy atom. The molecule has 7 nitrogen and oxygen atoms in total. The van der Waals surface area contributed by atoms with Gasteiger partial charge in [-0.25, -0.2) is 8.42 Å². The van der Waals surface area contributed by atoms with Crippen LogP contribution in [0.15, 0.2) is 29.2 Å². The fourth-order valence-corrected chi connectivity index (χ4v) is 2.96. The average Bonchev–Trinajstić information content (AvgIpc) is 2.44. The first kappa shape index (κ1) is 20.1. The Kier molecular flexibility index (Phi) is 6.50. The fraction of sp³-hybridized carbons (Fsp3) is 0.500. The van der Waals surface area contributed by atoms with Crippen molar-refractivity contribution in [1.82, 2.24) is 10.0 Å². The van der Waals surface area contributed by atoms with E-state index in [-0.39, 0.29) is 10.3 Å². The maximum atomic E-state index is 12.3. The number of rotatable bonds is 7. The van der Waals surface area contributed by atoms with Crippen molar-refractivity contribution in [2.75, 3.05) is 6.54 Å². The molecule has 0 spiro atoms. The number of amides is 1. The molecule has 0 heterocycles. The van der Waals surface area contributed by atoms with Crippen LogP contribution in [0.3, 0.4) is 0 Å². The van der Waals surface area contributed by atoms with E-state index in [1.165, 1.54) is 12.1 Å². The number of sulfonamides is 1. The van der Waals surface area contributed by atoms with Gasteiger partial charge in [-0.3, -0.25) is 9.59 Å². The Morgan fingerprint density at radius 2 is 1.71 bits per heavy atom. The van der Waals surface area contributed by atoms with Gasteiger partial charge in [0.05, 0.1) is 11.3 Å². The van der Waals surface area contributed by atoms with Crippen LogP contribution in [0.2, 0.25) is 0 Å². The predicted octanol–water partition coefficient (Wildman–Crippen LogP) is 1.28. The van der Waals surface area contributed by atoms with E-state index in [0.29, 0.717) is 6.54 Å². The van der Waals surface area contributed by atoms with Crippen molar-refractivity contribution in [2.45, 2.75) is 45.1 Å². The van der Waals surface area contributed by atoms with Gasteiger partial charge in [0.1, 0.15) is 6.04 Å². The third kappa shape index (κ3) is 6.67. The van der Waals surface area contributed by atoms with Gasteiger partial charge in [-0.05, 0) is 24.5 Å². The molecule has 134 valence electrons. The first-order valence-electron chi connectivity index (χ1n) is 7.49. The molecule has 0 fully saturated rings. The largest absolute Gasteiger partial charge is 0.480 e. The second-order valence-corrected chi connectivity index (χ2v) is 8.58. The molecule has 0 aromatic heterocycles. The molecular weight excluding hydrogens is 332 g/mol. The number of carboxylic acid groups (broad SMARTS) is 1. The Morgan fingerprint density at radius 1 is 1.17 bits per heavy atom. The number of carbonyl (C=O) groups excluding carboxylic acids is 1. The lowest BCUT2D eigenvalue weighted by atomic mass is 9.97. The summed E-state index contributed by atoms with van der Waals surface area (Å²) >= 11 is 0. The summed E-state index contributed by atoms with van der Waals surface area (Å²) in [4.78, 5) is 23.1. The van der Waals surface area contributed by atoms with Gasteiger partial charge in [-0.2, -0.15) is 4.72 Å². The molecule has 8 heteroatoms. The van der Waals surface area contributed by atoms with Crippen molar-refractivity contribution in [3.63, 3.8) is 0 Å². The second kappa shape index (κ2) is 7.76. The molecule has 1 rings (SSSR count). The van der Waals surface area contributed by atoms with Gasteiger partial charge >= 0.3 is 5.97 Å². The van der Waals surface area contributed by atoms with Crippen molar-refractivity contribution in [1.29, 1.82) is 0 Å². The summed E-state index contributed by atoms with van der Waals surface area (Å²) in [5.74, 6) is -1.93. The Bertz CT molecular complexity index is 690. The highest BCUT2D eigenvalue weighted by Crippen LogP contribution is 2.12. The monoisotopic (exact) mass is 356 g/mol. The third-order valence-corrected chi connectivity index (χ3v) is 4.62. The van der Waals surface area contributed by atoms with Crippen LogP contribution in [0.4, 0.5) is 0 Å². The van der Waals surface area contributed by atoms with Gasteiger partial charge < -0.3 is 10.4 Å². The van der Waals surface area contributed by atoms with E-state index in [1.54, 1.807) is 12.1 Å². The first-order valence-corrected chi connectivity index (χ1v) is 8.97. The molecule has 0 aliphatic rings. The molecule has 0 aliphatic heterocycles. The summed E-state index contributed by atoms with van der Waals surface area (Å²) in [5.41, 5.74) is 0.723. The lowest BCUT2D eigenvalue weighted by Gasteiger charge is -2.20. The number of hydrogen-bond acceptors (Lipinski definition) is 4. The van der Waals surface area contributed by atoms with Crippen molar-refractivity contribution in [3.05, 3.63) is 29.8 Å². The van der Waals surface area contributed by atoms with Crippen LogP contribution in [0.1, 0.15) is 32.8 Å². The van der Waals surface area contributed by atoms with Gasteiger partial charge in [-0.15, -0.1) is 0 Å². The smallest absolute Gasteiger partial charge is 0.322 e. The number of benzene rings is 1. The highest BCUT2D eigenvalue weighted by atomic mass is 32.2. The van der Waals surface area contributed by atoms with Crippen molar-refractivity contribution >= 4 is 21.9 Å². The highest BCUT2D eigenvalue weighted by Gasteiger charge is 2.28. The minimum absolute atomic E-state index is 0.0468. The van der Waals surface area contributed by atoms with Crippen LogP contribution in [-0.4, -0.2) is 38.0 Å². The van der Waals surface area contributed by atoms with E-state index in [9.17, 15) is 23.1 Å². The van der Waals surface area contributed by atoms with Gasteiger partial charge in [-0.1, -0.05) is 38.5 Å². The number of aliphatic carboxylic acids is 1. The maximum absolute atomic E-state index is 12.3. The number of nitrogens with one attached hydrogen (secondary N) is 2. The Labute approximate surface area is 142 Å². The van der Waals surface area contributed by atoms with E-state index in [1.807, 2.05) is 27.7 Å². The van der Waals surface area contributed by atoms with Crippen molar-refractivity contribution < 1.29 is 23.1 Å². The zero-order valence-electron chi connectivity index (χ0n) is 14.3. The molecule has 1 aromatic rings. The Balaban J connectivity index is 2.80. The molecule has 1 aromatic carbocycles. The summed E-state index contributed by atoms with van der Waals surface area (Å²) in [5, 5.41) is 11.8. The topological polar surface area (TPSA) is 113 Å². The van der Waals surface area contributed by atoms with Crippen LogP contribution >= 0.6 is 0 Å². The van der Waals surface area contributed by atoms with Crippen LogP contribution in [0, 0.1) is 12.3 Å². The average molecular weight is 356 g/mol.